The van der Waals surface area contributed by atoms with Gasteiger partial charge in [-0.2, -0.15) is 0 Å². The zero-order chi connectivity index (χ0) is 48.4. The van der Waals surface area contributed by atoms with Crippen LogP contribution in [0.5, 0.6) is 34.5 Å². The van der Waals surface area contributed by atoms with Crippen molar-refractivity contribution in [3.8, 4) is 34.5 Å². The fourth-order valence-electron chi connectivity index (χ4n) is 12.3. The summed E-state index contributed by atoms with van der Waals surface area (Å²) in [7, 11) is 3.09. The second-order valence-electron chi connectivity index (χ2n) is 18.0. The minimum atomic E-state index is -3.05. The van der Waals surface area contributed by atoms with Crippen LogP contribution in [-0.2, 0) is 15.9 Å². The highest BCUT2D eigenvalue weighted by atomic mass is 16.6. The van der Waals surface area contributed by atoms with E-state index >= 15 is 4.79 Å². The lowest BCUT2D eigenvalue weighted by Gasteiger charge is -2.57. The average molecular weight is 925 g/mol. The molecule has 21 nitrogen and oxygen atoms in total. The molecule has 1 aliphatic heterocycles. The van der Waals surface area contributed by atoms with Crippen LogP contribution in [0, 0.1) is 11.8 Å². The van der Waals surface area contributed by atoms with E-state index in [0.717, 1.165) is 21.3 Å². The predicted octanol–water partition coefficient (Wildman–Crippen LogP) is -0.920. The fraction of sp³-hybridized carbons (Fsp3) is 0.511. The van der Waals surface area contributed by atoms with Crippen molar-refractivity contribution in [1.29, 1.82) is 0 Å². The van der Waals surface area contributed by atoms with E-state index in [4.69, 9.17) is 18.9 Å². The fourth-order valence-corrected chi connectivity index (χ4v) is 12.3. The van der Waals surface area contributed by atoms with Gasteiger partial charge in [0, 0.05) is 16.9 Å². The number of carbonyl (C=O) groups is 4. The summed E-state index contributed by atoms with van der Waals surface area (Å²) in [6, 6.07) is 1.21. The molecule has 9 rings (SSSR count). The van der Waals surface area contributed by atoms with Gasteiger partial charge in [-0.15, -0.1) is 0 Å². The van der Waals surface area contributed by atoms with Crippen LogP contribution in [0.2, 0.25) is 0 Å². The first-order chi connectivity index (χ1) is 31.0. The molecule has 66 heavy (non-hydrogen) atoms. The number of aromatic hydroxyl groups is 4. The maximum atomic E-state index is 15.1. The van der Waals surface area contributed by atoms with Crippen molar-refractivity contribution in [2.75, 3.05) is 21.3 Å². The largest absolute Gasteiger partial charge is 0.507 e. The van der Waals surface area contributed by atoms with Gasteiger partial charge in [-0.3, -0.25) is 19.2 Å². The summed E-state index contributed by atoms with van der Waals surface area (Å²) in [5.74, 6) is -15.6. The lowest BCUT2D eigenvalue weighted by molar-refractivity contribution is -0.282. The van der Waals surface area contributed by atoms with Gasteiger partial charge in [0.25, 0.3) is 0 Å². The molecule has 0 unspecified atom stereocenters. The van der Waals surface area contributed by atoms with E-state index in [1.54, 1.807) is 13.8 Å². The summed E-state index contributed by atoms with van der Waals surface area (Å²) in [5.41, 5.74) is -17.2. The number of hydrogen-bond acceptors (Lipinski definition) is 21. The van der Waals surface area contributed by atoms with Crippen LogP contribution in [0.15, 0.2) is 11.8 Å². The number of benzene rings is 3. The third-order valence-electron chi connectivity index (χ3n) is 15.2. The molecule has 3 fully saturated rings. The molecule has 354 valence electrons. The van der Waals surface area contributed by atoms with E-state index in [2.05, 4.69) is 0 Å². The molecule has 5 aliphatic carbocycles. The van der Waals surface area contributed by atoms with Crippen molar-refractivity contribution in [1.82, 2.24) is 0 Å². The Morgan fingerprint density at radius 3 is 1.80 bits per heavy atom. The summed E-state index contributed by atoms with van der Waals surface area (Å²) >= 11 is 0. The van der Waals surface area contributed by atoms with Gasteiger partial charge in [-0.1, -0.05) is 26.7 Å². The Morgan fingerprint density at radius 2 is 1.21 bits per heavy atom. The van der Waals surface area contributed by atoms with Gasteiger partial charge in [-0.05, 0) is 30.9 Å². The molecule has 1 heterocycles. The molecule has 3 aromatic rings. The van der Waals surface area contributed by atoms with Crippen molar-refractivity contribution in [2.45, 2.75) is 111 Å². The third kappa shape index (κ3) is 4.87. The number of phenols is 4. The summed E-state index contributed by atoms with van der Waals surface area (Å²) in [6.07, 6.45) is -15.2. The van der Waals surface area contributed by atoms with Gasteiger partial charge in [0.2, 0.25) is 23.1 Å². The standard InChI is InChI=1S/C45H48O21/c1-6-8-42(60)40(58)32(54)24(46)14-11-12-10-13-16(25(47)15(12)38(56)44(14,42)61)26(48)20(37(65-5)34(13)63-3)19-27(49)17-18(30(52)36(19)64-4)28(50)21-22(29(17)51)39(57)45(62)23-31(53)33(55)41(59)43(45,9-7-2)66-35(21)23/h10,14,23-24,31-33,35,40-41,46-48,50-51,53-55,58-62H,6-9,11H2,1-5H3/t14-,23+,24+,31+,32-,33-,35-,40+,41+,42+,43-,44-,45-/m1/s1. The Kier molecular flexibility index (Phi) is 10.1. The molecule has 2 saturated carbocycles. The third-order valence-corrected chi connectivity index (χ3v) is 15.2. The number of phenolic OH excluding ortho intramolecular Hbond substituents is 4. The zero-order valence-corrected chi connectivity index (χ0v) is 35.9. The van der Waals surface area contributed by atoms with Crippen LogP contribution in [0.4, 0.5) is 0 Å². The Labute approximate surface area is 372 Å². The summed E-state index contributed by atoms with van der Waals surface area (Å²) < 4.78 is 22.9. The lowest BCUT2D eigenvalue weighted by atomic mass is 9.54. The molecule has 13 atom stereocenters. The van der Waals surface area contributed by atoms with E-state index in [0.29, 0.717) is 0 Å². The van der Waals surface area contributed by atoms with Crippen molar-refractivity contribution in [3.63, 3.8) is 0 Å². The number of aliphatic hydroxyl groups excluding tert-OH is 6. The molecule has 0 spiro atoms. The first-order valence-electron chi connectivity index (χ1n) is 21.2. The van der Waals surface area contributed by atoms with Gasteiger partial charge < -0.3 is 85.3 Å². The number of ketones is 4. The van der Waals surface area contributed by atoms with E-state index in [1.807, 2.05) is 0 Å². The monoisotopic (exact) mass is 924 g/mol. The van der Waals surface area contributed by atoms with Crippen LogP contribution < -0.4 is 9.47 Å². The molecular formula is C45H48O21. The lowest BCUT2D eigenvalue weighted by Crippen LogP contribution is -2.79. The van der Waals surface area contributed by atoms with E-state index in [1.165, 1.54) is 6.07 Å². The number of rotatable bonds is 8. The second kappa shape index (κ2) is 14.5. The molecule has 1 saturated heterocycles. The van der Waals surface area contributed by atoms with Crippen molar-refractivity contribution in [3.05, 3.63) is 50.8 Å². The van der Waals surface area contributed by atoms with Gasteiger partial charge in [0.05, 0.1) is 84.3 Å². The molecule has 0 amide bonds. The van der Waals surface area contributed by atoms with Crippen molar-refractivity contribution >= 4 is 39.5 Å². The maximum absolute atomic E-state index is 15.1. The number of carbonyl (C=O) groups excluding carboxylic acids is 4. The molecule has 0 radical (unpaired) electrons. The first-order valence-corrected chi connectivity index (χ1v) is 21.2. The molecule has 13 N–H and O–H groups in total. The van der Waals surface area contributed by atoms with E-state index < -0.39 is 192 Å². The average Bonchev–Trinajstić information content (AvgIpc) is 3.45. The van der Waals surface area contributed by atoms with Gasteiger partial charge in [0.15, 0.2) is 28.5 Å². The molecule has 4 bridgehead atoms. The second-order valence-corrected chi connectivity index (χ2v) is 18.0. The van der Waals surface area contributed by atoms with Crippen molar-refractivity contribution < 1.29 is 105 Å². The predicted molar refractivity (Wildman–Crippen MR) is 219 cm³/mol. The number of aliphatic hydroxyl groups is 9. The number of hydrogen-bond donors (Lipinski definition) is 13. The molecule has 6 aliphatic rings. The Bertz CT molecular complexity index is 2760. The Hall–Kier alpha value is -5.46. The first kappa shape index (κ1) is 45.7. The smallest absolute Gasteiger partial charge is 0.232 e. The quantitative estimate of drug-likeness (QED) is 0.122. The van der Waals surface area contributed by atoms with E-state index in [-0.39, 0.29) is 36.0 Å². The summed E-state index contributed by atoms with van der Waals surface area (Å²) in [5, 5.41) is 150. The SMILES string of the molecule is CCC[C@]1(O)[C@@H](O)[C@H](O)[C@@H](O)[C@H]2Cc3cc4c(OC)c(OC)c(C5=C(OC)C(=O)c6c(O)c7c(c(O)c6C5=O)C(=O)[C@]5(O)[C@H]6[C@H](O)[C@@H](O)[C@H](O)[C@@]5(CCC)O[C@H]76)c(O)c4c(O)c3C(=O)[C@]21O. The van der Waals surface area contributed by atoms with Crippen LogP contribution in [0.25, 0.3) is 16.3 Å². The minimum Gasteiger partial charge on any atom is -0.507 e. The number of Topliss-reactive ketones (excluding diaryl/α,β-unsaturated/α-hetero) is 4. The summed E-state index contributed by atoms with van der Waals surface area (Å²) in [6.45, 7) is 3.16. The van der Waals surface area contributed by atoms with Crippen LogP contribution in [0.3, 0.4) is 0 Å². The van der Waals surface area contributed by atoms with Gasteiger partial charge in [-0.25, -0.2) is 0 Å². The highest BCUT2D eigenvalue weighted by Gasteiger charge is 2.80. The number of methoxy groups -OCH3 is 3. The topological polar surface area (TPSA) is 368 Å². The summed E-state index contributed by atoms with van der Waals surface area (Å²) in [4.78, 5) is 59.0. The highest BCUT2D eigenvalue weighted by Crippen LogP contribution is 2.67. The minimum absolute atomic E-state index is 0.0548. The Balaban J connectivity index is 1.29. The van der Waals surface area contributed by atoms with Crippen molar-refractivity contribution in [2.24, 2.45) is 11.8 Å². The number of fused-ring (bicyclic) bond motifs is 6. The molecule has 3 aromatic carbocycles. The zero-order valence-electron chi connectivity index (χ0n) is 35.9. The normalized spacial score (nSPS) is 36.5. The van der Waals surface area contributed by atoms with E-state index in [9.17, 15) is 80.8 Å². The van der Waals surface area contributed by atoms with Gasteiger partial charge >= 0.3 is 0 Å². The highest BCUT2D eigenvalue weighted by molar-refractivity contribution is 6.43. The molecular weight excluding hydrogens is 876 g/mol. The van der Waals surface area contributed by atoms with Crippen LogP contribution in [-0.4, -0.2) is 170 Å². The number of allylic oxidation sites excluding steroid dienone is 2. The van der Waals surface area contributed by atoms with Crippen LogP contribution in [0.1, 0.15) is 104 Å². The number of ether oxygens (including phenoxy) is 4. The van der Waals surface area contributed by atoms with Crippen LogP contribution >= 0.6 is 0 Å². The molecule has 21 heteroatoms. The molecule has 0 aromatic heterocycles. The van der Waals surface area contributed by atoms with Gasteiger partial charge in [0.1, 0.15) is 58.6 Å². The Morgan fingerprint density at radius 1 is 0.636 bits per heavy atom. The maximum Gasteiger partial charge on any atom is 0.232 e.